The summed E-state index contributed by atoms with van der Waals surface area (Å²) in [7, 11) is -3.95. The van der Waals surface area contributed by atoms with Crippen LogP contribution in [0.5, 0.6) is 11.5 Å². The first-order valence-corrected chi connectivity index (χ1v) is 16.9. The van der Waals surface area contributed by atoms with Gasteiger partial charge in [-0.05, 0) is 74.5 Å². The molecule has 0 aromatic heterocycles. The Bertz CT molecular complexity index is 2050. The van der Waals surface area contributed by atoms with E-state index in [2.05, 4.69) is 40.6 Å². The molecule has 21 heteroatoms. The maximum absolute atomic E-state index is 12.3. The number of carbonyl (C=O) groups is 1. The Morgan fingerprint density at radius 3 is 1.94 bits per heavy atom. The average molecular weight is 814 g/mol. The summed E-state index contributed by atoms with van der Waals surface area (Å²) in [5.41, 5.74) is 3.63. The van der Waals surface area contributed by atoms with Crippen molar-refractivity contribution >= 4 is 50.7 Å². The maximum Gasteiger partial charge on any atom is 0.279 e. The number of anilines is 2. The number of hydrogen-bond donors (Lipinski definition) is 8. The number of aliphatic hydroxyl groups excluding tert-OH is 2. The van der Waals surface area contributed by atoms with Gasteiger partial charge in [0.1, 0.15) is 46.7 Å². The smallest absolute Gasteiger partial charge is 0.279 e. The van der Waals surface area contributed by atoms with Gasteiger partial charge in [0.05, 0.1) is 22.6 Å². The number of nitrogens with one attached hydrogen (secondary N) is 2. The minimum absolute atomic E-state index is 0. The summed E-state index contributed by atoms with van der Waals surface area (Å²) >= 11 is 0.791. The van der Waals surface area contributed by atoms with Gasteiger partial charge in [-0.3, -0.25) is 15.1 Å². The molecule has 4 rings (SSSR count). The van der Waals surface area contributed by atoms with Gasteiger partial charge < -0.3 is 25.7 Å². The molecule has 0 aliphatic rings. The largest absolute Gasteiger partial charge is 0.511 e. The Labute approximate surface area is 318 Å². The van der Waals surface area contributed by atoms with Crippen molar-refractivity contribution in [2.75, 3.05) is 17.4 Å². The Morgan fingerprint density at radius 1 is 0.811 bits per heavy atom. The molecule has 4 aromatic rings. The van der Waals surface area contributed by atoms with Crippen molar-refractivity contribution in [1.29, 1.82) is 0 Å². The standard InChI is InChI=1S/C16H18N4O5S.C16H16N4O5S.Co/c1-11(21)15(10-25-20-12-5-3-2-4-6-12)19-18-14-9-13(26(17,23)24)7-8-16(14)22;1-10(21)15(16(23)18-11-5-3-2-4-6-11)20-19-13-9-12(26-25-24-17)7-8-14(13)22;/h2-9,20-22H,10H2,1H3,(H2,17,23,24);2-9,21-22H,17H2,1H3,(H,18,23);/b15-11-,19-18?;;. The van der Waals surface area contributed by atoms with E-state index >= 15 is 0 Å². The number of rotatable bonds is 14. The van der Waals surface area contributed by atoms with Gasteiger partial charge in [-0.25, -0.2) is 13.6 Å². The zero-order valence-electron chi connectivity index (χ0n) is 27.8. The molecular weight excluding hydrogens is 779 g/mol. The average Bonchev–Trinajstić information content (AvgIpc) is 3.11. The molecule has 0 bridgehead atoms. The number of sulfonamides is 1. The van der Waals surface area contributed by atoms with Crippen LogP contribution in [0.4, 0.5) is 22.7 Å². The van der Waals surface area contributed by atoms with Crippen LogP contribution in [0.15, 0.2) is 150 Å². The quantitative estimate of drug-likeness (QED) is 0.0165. The van der Waals surface area contributed by atoms with Gasteiger partial charge in [0.25, 0.3) is 5.91 Å². The van der Waals surface area contributed by atoms with E-state index in [4.69, 9.17) is 15.9 Å². The van der Waals surface area contributed by atoms with Crippen molar-refractivity contribution in [3.05, 3.63) is 120 Å². The molecule has 4 aromatic carbocycles. The van der Waals surface area contributed by atoms with Gasteiger partial charge in [0.2, 0.25) is 10.0 Å². The first-order chi connectivity index (χ1) is 24.8. The summed E-state index contributed by atoms with van der Waals surface area (Å²) in [5.74, 6) is 3.17. The predicted molar refractivity (Wildman–Crippen MR) is 191 cm³/mol. The number of nitrogens with two attached hydrogens (primary N) is 2. The number of carbonyl (C=O) groups excluding carboxylic acids is 1. The van der Waals surface area contributed by atoms with Gasteiger partial charge in [-0.2, -0.15) is 5.90 Å². The molecule has 10 N–H and O–H groups in total. The van der Waals surface area contributed by atoms with Crippen LogP contribution in [-0.2, 0) is 45.8 Å². The van der Waals surface area contributed by atoms with Gasteiger partial charge in [0.15, 0.2) is 5.70 Å². The number of hydrogen-bond acceptors (Lipinski definition) is 17. The third-order valence-corrected chi connectivity index (χ3v) is 7.61. The summed E-state index contributed by atoms with van der Waals surface area (Å²) in [6.45, 7) is 2.56. The van der Waals surface area contributed by atoms with Crippen LogP contribution >= 0.6 is 12.0 Å². The summed E-state index contributed by atoms with van der Waals surface area (Å²) < 4.78 is 27.2. The van der Waals surface area contributed by atoms with Crippen molar-refractivity contribution in [2.24, 2.45) is 31.5 Å². The van der Waals surface area contributed by atoms with Crippen molar-refractivity contribution in [3.8, 4) is 11.5 Å². The molecule has 18 nitrogen and oxygen atoms in total. The third-order valence-electron chi connectivity index (χ3n) is 6.11. The van der Waals surface area contributed by atoms with Crippen molar-refractivity contribution in [2.45, 2.75) is 23.6 Å². The number of phenols is 2. The first-order valence-electron chi connectivity index (χ1n) is 14.6. The van der Waals surface area contributed by atoms with E-state index in [1.165, 1.54) is 32.0 Å². The number of para-hydroxylation sites is 2. The van der Waals surface area contributed by atoms with Crippen molar-refractivity contribution in [3.63, 3.8) is 0 Å². The van der Waals surface area contributed by atoms with Crippen molar-refractivity contribution in [1.82, 2.24) is 0 Å². The third kappa shape index (κ3) is 15.0. The van der Waals surface area contributed by atoms with Crippen LogP contribution in [0, 0.1) is 0 Å². The molecule has 0 saturated carbocycles. The van der Waals surface area contributed by atoms with Crippen molar-refractivity contribution < 1.29 is 64.6 Å². The first kappa shape index (κ1) is 43.8. The van der Waals surface area contributed by atoms with Crippen LogP contribution in [0.2, 0.25) is 0 Å². The Balaban J connectivity index is 0.000000360. The number of azo groups is 2. The van der Waals surface area contributed by atoms with E-state index in [-0.39, 0.29) is 74.1 Å². The SMILES string of the molecule is C/C(O)=C(\CONc1ccccc1)N=Nc1cc(S(N)(=O)=O)ccc1O.CC(O)=C(N=Nc1cc(SOON)ccc1O)C(=O)Nc1ccccc1.[Co]. The number of benzene rings is 4. The van der Waals surface area contributed by atoms with Gasteiger partial charge in [-0.15, -0.1) is 29.8 Å². The zero-order chi connectivity index (χ0) is 38.1. The number of primary sulfonamides is 1. The van der Waals surface area contributed by atoms with E-state index in [0.29, 0.717) is 16.3 Å². The van der Waals surface area contributed by atoms with Gasteiger partial charge in [-0.1, -0.05) is 36.4 Å². The van der Waals surface area contributed by atoms with Crippen LogP contribution in [-0.4, -0.2) is 41.4 Å². The zero-order valence-corrected chi connectivity index (χ0v) is 30.5. The number of nitrogens with zero attached hydrogens (tertiary/aromatic N) is 4. The maximum atomic E-state index is 12.3. The van der Waals surface area contributed by atoms with Crippen LogP contribution in [0.3, 0.4) is 0 Å². The Hall–Kier alpha value is -5.36. The minimum Gasteiger partial charge on any atom is -0.511 e. The summed E-state index contributed by atoms with van der Waals surface area (Å²) in [5, 5.41) is 61.8. The predicted octanol–water partition coefficient (Wildman–Crippen LogP) is 6.69. The topological polar surface area (TPSA) is 285 Å². The van der Waals surface area contributed by atoms with Crippen LogP contribution in [0.25, 0.3) is 0 Å². The fraction of sp³-hybridized carbons (Fsp3) is 0.0938. The monoisotopic (exact) mass is 813 g/mol. The van der Waals surface area contributed by atoms with E-state index in [1.54, 1.807) is 42.5 Å². The number of amides is 1. The van der Waals surface area contributed by atoms with E-state index in [9.17, 15) is 33.6 Å². The minimum atomic E-state index is -3.95. The molecule has 0 unspecified atom stereocenters. The Kier molecular flexibility index (Phi) is 18.1. The molecule has 283 valence electrons. The molecule has 0 saturated heterocycles. The van der Waals surface area contributed by atoms with Crippen LogP contribution in [0.1, 0.15) is 13.8 Å². The molecule has 0 aliphatic carbocycles. The molecular formula is C32H34CoN8O10S2. The summed E-state index contributed by atoms with van der Waals surface area (Å²) in [6, 6.07) is 25.4. The second kappa shape index (κ2) is 21.9. The van der Waals surface area contributed by atoms with E-state index in [0.717, 1.165) is 30.2 Å². The molecule has 0 atom stereocenters. The van der Waals surface area contributed by atoms with Gasteiger partial charge >= 0.3 is 0 Å². The fourth-order valence-electron chi connectivity index (χ4n) is 3.57. The normalized spacial score (nSPS) is 12.2. The second-order valence-electron chi connectivity index (χ2n) is 10.0. The van der Waals surface area contributed by atoms with E-state index in [1.807, 2.05) is 18.2 Å². The molecule has 1 amide bonds. The molecule has 1 radical (unpaired) electrons. The Morgan fingerprint density at radius 2 is 1.38 bits per heavy atom. The van der Waals surface area contributed by atoms with E-state index < -0.39 is 15.9 Å². The molecule has 0 heterocycles. The van der Waals surface area contributed by atoms with Crippen LogP contribution < -0.4 is 21.8 Å². The molecule has 0 fully saturated rings. The number of phenolic OH excluding ortho intramolecular Hbond substituents is 2. The molecule has 53 heavy (non-hydrogen) atoms. The van der Waals surface area contributed by atoms with Gasteiger partial charge in [0, 0.05) is 27.4 Å². The second-order valence-corrected chi connectivity index (χ2v) is 12.4. The molecule has 0 spiro atoms. The number of aromatic hydroxyl groups is 2. The fourth-order valence-corrected chi connectivity index (χ4v) is 4.50. The number of aliphatic hydroxyl groups is 2. The summed E-state index contributed by atoms with van der Waals surface area (Å²) in [4.78, 5) is 21.8. The molecule has 0 aliphatic heterocycles. The number of allylic oxidation sites excluding steroid dienone is 2. The summed E-state index contributed by atoms with van der Waals surface area (Å²) in [6.07, 6.45) is 0.